The first-order valence-electron chi connectivity index (χ1n) is 3.76. The van der Waals surface area contributed by atoms with Gasteiger partial charge in [0.2, 0.25) is 5.91 Å². The van der Waals surface area contributed by atoms with E-state index in [1.165, 1.54) is 16.7 Å². The van der Waals surface area contributed by atoms with Gasteiger partial charge >= 0.3 is 5.97 Å². The average molecular weight is 189 g/mol. The molecule has 1 amide bonds. The molecule has 0 saturated carbocycles. The Kier molecular flexibility index (Phi) is 2.97. The maximum absolute atomic E-state index is 11.2. The van der Waals surface area contributed by atoms with Crippen molar-refractivity contribution in [1.82, 2.24) is 4.90 Å². The molecule has 0 unspecified atom stereocenters. The van der Waals surface area contributed by atoms with Crippen LogP contribution in [0.2, 0.25) is 0 Å². The molecule has 1 rings (SSSR count). The molecule has 4 nitrogen and oxygen atoms in total. The van der Waals surface area contributed by atoms with Crippen molar-refractivity contribution in [3.05, 3.63) is 0 Å². The fourth-order valence-electron chi connectivity index (χ4n) is 1.10. The molecule has 1 N–H and O–H groups in total. The predicted octanol–water partition coefficient (Wildman–Crippen LogP) is 0.383. The maximum atomic E-state index is 11.2. The van der Waals surface area contributed by atoms with E-state index in [0.29, 0.717) is 18.1 Å². The lowest BCUT2D eigenvalue weighted by molar-refractivity contribution is -0.147. The van der Waals surface area contributed by atoms with E-state index in [4.69, 9.17) is 5.11 Å². The Balaban J connectivity index is 2.63. The van der Waals surface area contributed by atoms with Gasteiger partial charge < -0.3 is 10.0 Å². The highest BCUT2D eigenvalue weighted by atomic mass is 32.2. The minimum atomic E-state index is -0.901. The highest BCUT2D eigenvalue weighted by molar-refractivity contribution is 7.99. The monoisotopic (exact) mass is 189 g/mol. The maximum Gasteiger partial charge on any atom is 0.327 e. The number of nitrogens with zero attached hydrogens (tertiary/aromatic N) is 1. The summed E-state index contributed by atoms with van der Waals surface area (Å²) in [7, 11) is 0. The van der Waals surface area contributed by atoms with Crippen molar-refractivity contribution in [3.63, 3.8) is 0 Å². The van der Waals surface area contributed by atoms with Crippen molar-refractivity contribution < 1.29 is 14.7 Å². The summed E-state index contributed by atoms with van der Waals surface area (Å²) >= 11 is 1.49. The normalized spacial score (nSPS) is 22.8. The van der Waals surface area contributed by atoms with Gasteiger partial charge in [0.1, 0.15) is 6.04 Å². The molecular weight excluding hydrogens is 178 g/mol. The molecule has 0 aliphatic carbocycles. The molecule has 0 radical (unpaired) electrons. The summed E-state index contributed by atoms with van der Waals surface area (Å²) in [4.78, 5) is 23.2. The minimum absolute atomic E-state index is 0.0765. The molecule has 1 heterocycles. The summed E-state index contributed by atoms with van der Waals surface area (Å²) < 4.78 is 0. The van der Waals surface area contributed by atoms with E-state index in [2.05, 4.69) is 0 Å². The van der Waals surface area contributed by atoms with E-state index in [0.717, 1.165) is 0 Å². The Labute approximate surface area is 74.9 Å². The number of aliphatic carboxylic acids is 1. The number of amides is 1. The van der Waals surface area contributed by atoms with Gasteiger partial charge in [0.25, 0.3) is 0 Å². The number of hydrogen-bond acceptors (Lipinski definition) is 3. The van der Waals surface area contributed by atoms with E-state index < -0.39 is 12.0 Å². The van der Waals surface area contributed by atoms with Crippen LogP contribution >= 0.6 is 11.8 Å². The molecule has 1 fully saturated rings. The van der Waals surface area contributed by atoms with Gasteiger partial charge in [-0.05, 0) is 0 Å². The molecule has 0 spiro atoms. The zero-order chi connectivity index (χ0) is 9.14. The third-order valence-corrected chi connectivity index (χ3v) is 2.80. The van der Waals surface area contributed by atoms with Crippen molar-refractivity contribution >= 4 is 23.6 Å². The van der Waals surface area contributed by atoms with Crippen LogP contribution in [0, 0.1) is 0 Å². The molecule has 12 heavy (non-hydrogen) atoms. The Morgan fingerprint density at radius 3 is 2.83 bits per heavy atom. The van der Waals surface area contributed by atoms with Gasteiger partial charge in [0, 0.05) is 12.2 Å². The summed E-state index contributed by atoms with van der Waals surface area (Å²) in [5, 5.41) is 8.72. The van der Waals surface area contributed by atoms with Crippen LogP contribution in [0.3, 0.4) is 0 Å². The van der Waals surface area contributed by atoms with Gasteiger partial charge in [0.15, 0.2) is 0 Å². The van der Waals surface area contributed by atoms with Crippen LogP contribution in [-0.2, 0) is 9.59 Å². The predicted molar refractivity (Wildman–Crippen MR) is 45.9 cm³/mol. The molecule has 5 heteroatoms. The second-order valence-electron chi connectivity index (χ2n) is 2.57. The molecule has 68 valence electrons. The SMILES string of the molecule is CCC(=O)N1CSC[C@H]1C(=O)O. The van der Waals surface area contributed by atoms with Crippen LogP contribution in [0.5, 0.6) is 0 Å². The van der Waals surface area contributed by atoms with Gasteiger partial charge in [-0.1, -0.05) is 6.92 Å². The molecule has 1 saturated heterocycles. The first kappa shape index (κ1) is 9.38. The van der Waals surface area contributed by atoms with Gasteiger partial charge in [-0.3, -0.25) is 4.79 Å². The Hall–Kier alpha value is -0.710. The van der Waals surface area contributed by atoms with Crippen molar-refractivity contribution in [3.8, 4) is 0 Å². The molecular formula is C7H11NO3S. The summed E-state index contributed by atoms with van der Waals surface area (Å²) in [6.45, 7) is 1.74. The van der Waals surface area contributed by atoms with Crippen molar-refractivity contribution in [2.24, 2.45) is 0 Å². The Morgan fingerprint density at radius 1 is 1.67 bits per heavy atom. The van der Waals surface area contributed by atoms with Gasteiger partial charge in [-0.15, -0.1) is 11.8 Å². The number of hydrogen-bond donors (Lipinski definition) is 1. The number of carboxylic acids is 1. The van der Waals surface area contributed by atoms with Crippen LogP contribution < -0.4 is 0 Å². The first-order valence-corrected chi connectivity index (χ1v) is 4.92. The Bertz CT molecular complexity index is 207. The van der Waals surface area contributed by atoms with Gasteiger partial charge in [0.05, 0.1) is 5.88 Å². The molecule has 1 aliphatic heterocycles. The van der Waals surface area contributed by atoms with Gasteiger partial charge in [-0.2, -0.15) is 0 Å². The van der Waals surface area contributed by atoms with Crippen molar-refractivity contribution in [2.45, 2.75) is 19.4 Å². The van der Waals surface area contributed by atoms with Crippen LogP contribution in [0.15, 0.2) is 0 Å². The van der Waals surface area contributed by atoms with Crippen LogP contribution in [-0.4, -0.2) is 39.6 Å². The van der Waals surface area contributed by atoms with Gasteiger partial charge in [-0.25, -0.2) is 4.79 Å². The van der Waals surface area contributed by atoms with Crippen molar-refractivity contribution in [2.75, 3.05) is 11.6 Å². The number of carbonyl (C=O) groups excluding carboxylic acids is 1. The van der Waals surface area contributed by atoms with E-state index in [1.807, 2.05) is 0 Å². The second-order valence-corrected chi connectivity index (χ2v) is 3.57. The minimum Gasteiger partial charge on any atom is -0.480 e. The standard InChI is InChI=1S/C7H11NO3S/c1-2-6(9)8-4-12-3-5(8)7(10)11/h5H,2-4H2,1H3,(H,10,11)/t5-/m0/s1. The molecule has 0 aromatic carbocycles. The summed E-state index contributed by atoms with van der Waals surface area (Å²) in [6.07, 6.45) is 0.379. The number of carboxylic acid groups (broad SMARTS) is 1. The lowest BCUT2D eigenvalue weighted by Crippen LogP contribution is -2.41. The summed E-state index contributed by atoms with van der Waals surface area (Å²) in [6, 6.07) is -0.609. The zero-order valence-electron chi connectivity index (χ0n) is 6.82. The quantitative estimate of drug-likeness (QED) is 0.682. The molecule has 0 aromatic heterocycles. The third-order valence-electron chi connectivity index (χ3n) is 1.79. The Morgan fingerprint density at radius 2 is 2.33 bits per heavy atom. The summed E-state index contributed by atoms with van der Waals surface area (Å²) in [5.74, 6) is 0.0549. The topological polar surface area (TPSA) is 57.6 Å². The number of thioether (sulfide) groups is 1. The fraction of sp³-hybridized carbons (Fsp3) is 0.714. The van der Waals surface area contributed by atoms with E-state index in [1.54, 1.807) is 6.92 Å². The lowest BCUT2D eigenvalue weighted by atomic mass is 10.3. The van der Waals surface area contributed by atoms with E-state index >= 15 is 0 Å². The van der Waals surface area contributed by atoms with Crippen LogP contribution in [0.4, 0.5) is 0 Å². The van der Waals surface area contributed by atoms with Crippen LogP contribution in [0.25, 0.3) is 0 Å². The number of rotatable bonds is 2. The molecule has 1 aliphatic rings. The number of carbonyl (C=O) groups is 2. The second kappa shape index (κ2) is 3.80. The summed E-state index contributed by atoms with van der Waals surface area (Å²) in [5.41, 5.74) is 0. The third kappa shape index (κ3) is 1.72. The smallest absolute Gasteiger partial charge is 0.327 e. The average Bonchev–Trinajstić information content (AvgIpc) is 2.50. The highest BCUT2D eigenvalue weighted by Crippen LogP contribution is 2.21. The van der Waals surface area contributed by atoms with Crippen LogP contribution in [0.1, 0.15) is 13.3 Å². The van der Waals surface area contributed by atoms with Crippen molar-refractivity contribution in [1.29, 1.82) is 0 Å². The molecule has 0 aromatic rings. The van der Waals surface area contributed by atoms with E-state index in [-0.39, 0.29) is 5.91 Å². The highest BCUT2D eigenvalue weighted by Gasteiger charge is 2.33. The molecule has 0 bridgehead atoms. The zero-order valence-corrected chi connectivity index (χ0v) is 7.63. The largest absolute Gasteiger partial charge is 0.480 e. The van der Waals surface area contributed by atoms with E-state index in [9.17, 15) is 9.59 Å². The first-order chi connectivity index (χ1) is 5.66. The lowest BCUT2D eigenvalue weighted by Gasteiger charge is -2.19. The fourth-order valence-corrected chi connectivity index (χ4v) is 2.27. The molecule has 1 atom stereocenters.